The molecule has 19 nitrogen and oxygen atoms in total. The van der Waals surface area contributed by atoms with Crippen LogP contribution in [-0.4, -0.2) is 181 Å². The summed E-state index contributed by atoms with van der Waals surface area (Å²) in [6.07, 6.45) is 3.70. The van der Waals surface area contributed by atoms with Crippen LogP contribution in [0.3, 0.4) is 0 Å². The molecule has 0 radical (unpaired) electrons. The van der Waals surface area contributed by atoms with E-state index in [4.69, 9.17) is 57.1 Å². The first-order chi connectivity index (χ1) is 32.2. The Bertz CT molecular complexity index is 2040. The smallest absolute Gasteiger partial charge is 0.344 e. The number of aryl methyl sites for hydroxylation is 3. The molecule has 67 heavy (non-hydrogen) atoms. The van der Waals surface area contributed by atoms with Gasteiger partial charge in [-0.05, 0) is 91.9 Å². The van der Waals surface area contributed by atoms with Gasteiger partial charge in [-0.1, -0.05) is 6.07 Å². The van der Waals surface area contributed by atoms with Gasteiger partial charge < -0.3 is 62.5 Å². The fourth-order valence-electron chi connectivity index (χ4n) is 6.38. The van der Waals surface area contributed by atoms with E-state index in [2.05, 4.69) is 5.32 Å². The molecule has 3 rings (SSSR count). The van der Waals surface area contributed by atoms with Gasteiger partial charge in [0.15, 0.2) is 0 Å². The van der Waals surface area contributed by atoms with E-state index in [9.17, 15) is 22.9 Å². The minimum atomic E-state index is -4.28. The number of amides is 1. The van der Waals surface area contributed by atoms with Gasteiger partial charge in [0, 0.05) is 52.7 Å². The number of carbonyl (C=O) groups is 2. The van der Waals surface area contributed by atoms with Gasteiger partial charge in [-0.25, -0.2) is 4.79 Å². The summed E-state index contributed by atoms with van der Waals surface area (Å²) >= 11 is 0. The van der Waals surface area contributed by atoms with Crippen molar-refractivity contribution in [3.8, 4) is 11.5 Å². The molecule has 3 N–H and O–H groups in total. The van der Waals surface area contributed by atoms with E-state index in [1.54, 1.807) is 90.8 Å². The number of nitrogens with one attached hydrogen (secondary N) is 1. The van der Waals surface area contributed by atoms with E-state index in [1.807, 2.05) is 6.92 Å². The zero-order valence-electron chi connectivity index (χ0n) is 39.7. The van der Waals surface area contributed by atoms with Crippen LogP contribution in [0.1, 0.15) is 39.0 Å². The maximum Gasteiger partial charge on any atom is 0.344 e. The van der Waals surface area contributed by atoms with E-state index in [0.29, 0.717) is 92.2 Å². The van der Waals surface area contributed by atoms with Crippen LogP contribution in [-0.2, 0) is 57.5 Å². The Kier molecular flexibility index (Phi) is 26.6. The minimum absolute atomic E-state index is 0.0186. The number of rotatable bonds is 34. The monoisotopic (exact) mass is 964 g/mol. The molecular formula is C47H68N2O17S. The molecule has 374 valence electrons. The summed E-state index contributed by atoms with van der Waals surface area (Å²) in [5.41, 5.74) is 2.90. The lowest BCUT2D eigenvalue weighted by Crippen LogP contribution is -2.30. The Labute approximate surface area is 394 Å². The normalized spacial score (nSPS) is 14.2. The summed E-state index contributed by atoms with van der Waals surface area (Å²) in [6, 6.07) is 8.41. The summed E-state index contributed by atoms with van der Waals surface area (Å²) < 4.78 is 95.8. The Morgan fingerprint density at radius 3 is 1.76 bits per heavy atom. The first-order valence-corrected chi connectivity index (χ1v) is 23.4. The quantitative estimate of drug-likeness (QED) is 0.0299. The molecule has 2 aromatic rings. The third-order valence-electron chi connectivity index (χ3n) is 9.62. The van der Waals surface area contributed by atoms with E-state index < -0.39 is 40.0 Å². The molecule has 20 heteroatoms. The second-order valence-corrected chi connectivity index (χ2v) is 16.7. The number of methoxy groups -OCH3 is 4. The zero-order chi connectivity index (χ0) is 49.0. The lowest BCUT2D eigenvalue weighted by Gasteiger charge is -2.24. The van der Waals surface area contributed by atoms with Crippen LogP contribution in [0.15, 0.2) is 64.9 Å². The fourth-order valence-corrected chi connectivity index (χ4v) is 6.88. The molecule has 0 fully saturated rings. The molecule has 1 amide bonds. The fraction of sp³-hybridized carbons (Fsp3) is 0.553. The predicted octanol–water partition coefficient (Wildman–Crippen LogP) is 3.65. The van der Waals surface area contributed by atoms with Crippen molar-refractivity contribution in [1.29, 1.82) is 0 Å². The largest absolute Gasteiger partial charge is 0.486 e. The number of benzene rings is 2. The van der Waals surface area contributed by atoms with Crippen molar-refractivity contribution in [2.75, 3.05) is 133 Å². The molecule has 0 bridgehead atoms. The highest BCUT2D eigenvalue weighted by Gasteiger charge is 2.28. The average molecular weight is 965 g/mol. The number of carbonyl (C=O) groups excluding carboxylic acids is 2. The van der Waals surface area contributed by atoms with Crippen LogP contribution >= 0.6 is 0 Å². The highest BCUT2D eigenvalue weighted by Crippen LogP contribution is 2.34. The number of aliphatic hydroxyl groups is 1. The number of hydrogen-bond acceptors (Lipinski definition) is 17. The summed E-state index contributed by atoms with van der Waals surface area (Å²) in [4.78, 5) is 32.7. The van der Waals surface area contributed by atoms with Gasteiger partial charge in [-0.3, -0.25) is 14.3 Å². The zero-order valence-corrected chi connectivity index (χ0v) is 40.5. The van der Waals surface area contributed by atoms with E-state index in [-0.39, 0.29) is 75.2 Å². The second-order valence-electron chi connectivity index (χ2n) is 15.1. The van der Waals surface area contributed by atoms with E-state index in [0.717, 1.165) is 0 Å². The van der Waals surface area contributed by atoms with Gasteiger partial charge in [0.25, 0.3) is 16.0 Å². The minimum Gasteiger partial charge on any atom is -0.486 e. The summed E-state index contributed by atoms with van der Waals surface area (Å²) in [5.74, 6) is -0.866. The molecule has 0 saturated heterocycles. The molecule has 2 aromatic carbocycles. The Morgan fingerprint density at radius 1 is 0.716 bits per heavy atom. The number of aliphatic hydroxyl groups excluding tert-OH is 1. The molecule has 1 aliphatic rings. The lowest BCUT2D eigenvalue weighted by molar-refractivity contribution is -0.128. The molecule has 1 aliphatic carbocycles. The first kappa shape index (κ1) is 56.7. The average Bonchev–Trinajstić information content (AvgIpc) is 3.29. The number of allylic oxidation sites excluding steroid dienone is 4. The van der Waals surface area contributed by atoms with Crippen LogP contribution in [0, 0.1) is 20.8 Å². The van der Waals surface area contributed by atoms with E-state index >= 15 is 4.79 Å². The van der Waals surface area contributed by atoms with Gasteiger partial charge in [0.05, 0.1) is 103 Å². The van der Waals surface area contributed by atoms with Crippen molar-refractivity contribution in [2.45, 2.75) is 39.4 Å². The molecule has 0 aliphatic heterocycles. The molecule has 0 aromatic heterocycles. The number of nitrogens with zero attached hydrogens (tertiary/aromatic N) is 1. The molecular weight excluding hydrogens is 897 g/mol. The highest BCUT2D eigenvalue weighted by molar-refractivity contribution is 7.85. The number of esters is 1. The van der Waals surface area contributed by atoms with E-state index in [1.165, 1.54) is 0 Å². The summed E-state index contributed by atoms with van der Waals surface area (Å²) in [7, 11) is 2.01. The number of aliphatic imine (C=N–C) groups is 1. The van der Waals surface area contributed by atoms with Gasteiger partial charge in [0.1, 0.15) is 29.5 Å². The van der Waals surface area contributed by atoms with Gasteiger partial charge in [-0.15, -0.1) is 0 Å². The summed E-state index contributed by atoms with van der Waals surface area (Å²) in [5, 5.41) is 11.9. The second kappa shape index (κ2) is 31.5. The molecule has 0 heterocycles. The molecule has 0 spiro atoms. The molecule has 0 saturated carbocycles. The lowest BCUT2D eigenvalue weighted by atomic mass is 9.90. The van der Waals surface area contributed by atoms with Crippen molar-refractivity contribution in [2.24, 2.45) is 4.99 Å². The SMILES string of the molecule is COCCOCC(COCCOC)OC1=CC(=C(\C(=O)Oc2c(C)cc(C(=O)NCCO)cc2C)c2cc(OC(COCCOC)COCCOC)ccc2C)/C(=N/CCCS(=O)(=O)O)C=C1. The molecule has 0 unspecified atom stereocenters. The van der Waals surface area contributed by atoms with Crippen LogP contribution < -0.4 is 14.8 Å². The maximum atomic E-state index is 15.1. The Balaban J connectivity index is 2.29. The topological polar surface area (TPSA) is 235 Å². The predicted molar refractivity (Wildman–Crippen MR) is 250 cm³/mol. The van der Waals surface area contributed by atoms with Crippen molar-refractivity contribution < 1.29 is 79.8 Å². The molecule has 0 atom stereocenters. The van der Waals surface area contributed by atoms with Gasteiger partial charge in [0.2, 0.25) is 0 Å². The summed E-state index contributed by atoms with van der Waals surface area (Å²) in [6.45, 7) is 8.28. The van der Waals surface area contributed by atoms with Crippen LogP contribution in [0.2, 0.25) is 0 Å². The van der Waals surface area contributed by atoms with Crippen molar-refractivity contribution in [1.82, 2.24) is 5.32 Å². The van der Waals surface area contributed by atoms with Crippen LogP contribution in [0.4, 0.5) is 0 Å². The number of ether oxygens (including phenoxy) is 11. The standard InChI is InChI=1S/C47H68N2O17S/c1-33-9-10-37(64-39(29-60-20-16-56-4)30-61-21-17-57-5)27-41(33)44(47(52)66-45-34(2)25-36(26-35(45)3)46(51)49-14-15-50)42-28-38(11-12-43(42)48-13-8-24-67(53,54)55)65-40(31-62-22-18-58-6)32-63-23-19-59-7/h9-12,25-28,39-40,50H,8,13-24,29-32H2,1-7H3,(H,49,51)(H,53,54,55)/b44-42+,48-43+. The van der Waals surface area contributed by atoms with Crippen LogP contribution in [0.25, 0.3) is 5.57 Å². The van der Waals surface area contributed by atoms with Crippen molar-refractivity contribution in [3.63, 3.8) is 0 Å². The van der Waals surface area contributed by atoms with Gasteiger partial charge in [-0.2, -0.15) is 8.42 Å². The van der Waals surface area contributed by atoms with Crippen molar-refractivity contribution >= 4 is 33.3 Å². The van der Waals surface area contributed by atoms with Crippen molar-refractivity contribution in [3.05, 3.63) is 87.7 Å². The maximum absolute atomic E-state index is 15.1. The third kappa shape index (κ3) is 21.1. The Morgan fingerprint density at radius 2 is 1.25 bits per heavy atom. The van der Waals surface area contributed by atoms with Crippen LogP contribution in [0.5, 0.6) is 11.5 Å². The number of hydrogen-bond donors (Lipinski definition) is 3. The Hall–Kier alpha value is -4.58. The third-order valence-corrected chi connectivity index (χ3v) is 10.4. The highest BCUT2D eigenvalue weighted by atomic mass is 32.2. The van der Waals surface area contributed by atoms with Gasteiger partial charge >= 0.3 is 5.97 Å². The first-order valence-electron chi connectivity index (χ1n) is 21.8.